The summed E-state index contributed by atoms with van der Waals surface area (Å²) in [5.41, 5.74) is 1.75. The highest BCUT2D eigenvalue weighted by molar-refractivity contribution is 5.91. The van der Waals surface area contributed by atoms with E-state index >= 15 is 0 Å². The second-order valence-corrected chi connectivity index (χ2v) is 6.65. The van der Waals surface area contributed by atoms with Gasteiger partial charge in [0, 0.05) is 19.6 Å². The van der Waals surface area contributed by atoms with Crippen LogP contribution in [-0.2, 0) is 0 Å². The monoisotopic (exact) mass is 365 g/mol. The molecule has 0 bridgehead atoms. The third kappa shape index (κ3) is 3.81. The Morgan fingerprint density at radius 2 is 1.93 bits per heavy atom. The summed E-state index contributed by atoms with van der Waals surface area (Å²) in [6, 6.07) is 16.3. The minimum atomic E-state index is -0.249. The highest BCUT2D eigenvalue weighted by Gasteiger charge is 2.25. The smallest absolute Gasteiger partial charge is 0.273 e. The van der Waals surface area contributed by atoms with Crippen LogP contribution >= 0.6 is 0 Å². The van der Waals surface area contributed by atoms with Gasteiger partial charge < -0.3 is 10.2 Å². The molecule has 0 spiro atoms. The molecule has 7 heteroatoms. The largest absolute Gasteiger partial charge is 0.369 e. The number of hydrogen-bond acceptors (Lipinski definition) is 4. The van der Waals surface area contributed by atoms with Gasteiger partial charge in [0.2, 0.25) is 0 Å². The molecule has 2 aromatic carbocycles. The Morgan fingerprint density at radius 1 is 1.15 bits per heavy atom. The van der Waals surface area contributed by atoms with Crippen LogP contribution in [0.5, 0.6) is 0 Å². The van der Waals surface area contributed by atoms with Gasteiger partial charge in [-0.05, 0) is 36.6 Å². The standard InChI is InChI=1S/C20H20FN5O/c21-17-8-4-5-9-19(17)25-11-10-15(13-25)12-22-20(27)18-14-26(24-23-18)16-6-2-1-3-7-16/h1-9,14-15H,10-13H2,(H,22,27)/t15-/m0/s1. The second kappa shape index (κ2) is 7.57. The van der Waals surface area contributed by atoms with Crippen LogP contribution < -0.4 is 10.2 Å². The molecule has 0 unspecified atom stereocenters. The molecule has 1 aromatic heterocycles. The van der Waals surface area contributed by atoms with E-state index < -0.39 is 0 Å². The maximum Gasteiger partial charge on any atom is 0.273 e. The van der Waals surface area contributed by atoms with Gasteiger partial charge in [-0.25, -0.2) is 9.07 Å². The van der Waals surface area contributed by atoms with Crippen LogP contribution in [0.4, 0.5) is 10.1 Å². The van der Waals surface area contributed by atoms with Crippen molar-refractivity contribution >= 4 is 11.6 Å². The van der Waals surface area contributed by atoms with Crippen LogP contribution in [0.25, 0.3) is 5.69 Å². The summed E-state index contributed by atoms with van der Waals surface area (Å²) in [7, 11) is 0. The highest BCUT2D eigenvalue weighted by Crippen LogP contribution is 2.25. The molecule has 1 saturated heterocycles. The first-order valence-electron chi connectivity index (χ1n) is 8.96. The summed E-state index contributed by atoms with van der Waals surface area (Å²) in [5, 5.41) is 10.9. The van der Waals surface area contributed by atoms with Crippen LogP contribution in [0.15, 0.2) is 60.8 Å². The van der Waals surface area contributed by atoms with E-state index in [9.17, 15) is 9.18 Å². The molecule has 2 heterocycles. The zero-order valence-electron chi connectivity index (χ0n) is 14.8. The van der Waals surface area contributed by atoms with Crippen molar-refractivity contribution in [2.24, 2.45) is 5.92 Å². The van der Waals surface area contributed by atoms with Crippen molar-refractivity contribution in [3.8, 4) is 5.69 Å². The summed E-state index contributed by atoms with van der Waals surface area (Å²) in [5.74, 6) is -0.182. The van der Waals surface area contributed by atoms with Gasteiger partial charge in [-0.15, -0.1) is 5.10 Å². The number of halogens is 1. The average Bonchev–Trinajstić information content (AvgIpc) is 3.37. The number of carbonyl (C=O) groups excluding carboxylic acids is 1. The zero-order valence-corrected chi connectivity index (χ0v) is 14.8. The fourth-order valence-electron chi connectivity index (χ4n) is 3.33. The van der Waals surface area contributed by atoms with Gasteiger partial charge in [0.25, 0.3) is 5.91 Å². The molecule has 0 aliphatic carbocycles. The van der Waals surface area contributed by atoms with E-state index in [1.54, 1.807) is 23.0 Å². The molecule has 0 radical (unpaired) electrons. The highest BCUT2D eigenvalue weighted by atomic mass is 19.1. The number of aromatic nitrogens is 3. The van der Waals surface area contributed by atoms with Crippen molar-refractivity contribution in [2.75, 3.05) is 24.5 Å². The fraction of sp³-hybridized carbons (Fsp3) is 0.250. The van der Waals surface area contributed by atoms with Crippen LogP contribution in [0, 0.1) is 11.7 Å². The van der Waals surface area contributed by atoms with Crippen molar-refractivity contribution in [3.63, 3.8) is 0 Å². The normalized spacial score (nSPS) is 16.5. The van der Waals surface area contributed by atoms with E-state index in [0.29, 0.717) is 12.2 Å². The van der Waals surface area contributed by atoms with Crippen LogP contribution in [0.2, 0.25) is 0 Å². The molecule has 1 amide bonds. The van der Waals surface area contributed by atoms with Crippen molar-refractivity contribution in [2.45, 2.75) is 6.42 Å². The van der Waals surface area contributed by atoms with Gasteiger partial charge in [0.05, 0.1) is 17.6 Å². The predicted molar refractivity (Wildman–Crippen MR) is 100 cm³/mol. The molecule has 1 aliphatic rings. The third-order valence-corrected chi connectivity index (χ3v) is 4.78. The van der Waals surface area contributed by atoms with Crippen LogP contribution in [0.3, 0.4) is 0 Å². The number of rotatable bonds is 5. The lowest BCUT2D eigenvalue weighted by atomic mass is 10.1. The van der Waals surface area contributed by atoms with Gasteiger partial charge >= 0.3 is 0 Å². The van der Waals surface area contributed by atoms with E-state index in [1.165, 1.54) is 6.07 Å². The Kier molecular flexibility index (Phi) is 4.82. The number of carbonyl (C=O) groups is 1. The Labute approximate surface area is 156 Å². The predicted octanol–water partition coefficient (Wildman–Crippen LogP) is 2.66. The Bertz CT molecular complexity index is 927. The lowest BCUT2D eigenvalue weighted by molar-refractivity contribution is 0.0943. The number of para-hydroxylation sites is 2. The third-order valence-electron chi connectivity index (χ3n) is 4.78. The maximum absolute atomic E-state index is 13.9. The number of nitrogens with one attached hydrogen (secondary N) is 1. The summed E-state index contributed by atoms with van der Waals surface area (Å²) in [6.07, 6.45) is 2.52. The summed E-state index contributed by atoms with van der Waals surface area (Å²) < 4.78 is 15.5. The first-order valence-corrected chi connectivity index (χ1v) is 8.96. The topological polar surface area (TPSA) is 63.1 Å². The van der Waals surface area contributed by atoms with Gasteiger partial charge in [-0.3, -0.25) is 4.79 Å². The fourth-order valence-corrected chi connectivity index (χ4v) is 3.33. The minimum absolute atomic E-state index is 0.209. The van der Waals surface area contributed by atoms with E-state index in [2.05, 4.69) is 15.6 Å². The molecule has 0 saturated carbocycles. The van der Waals surface area contributed by atoms with Gasteiger partial charge in [0.15, 0.2) is 5.69 Å². The lowest BCUT2D eigenvalue weighted by Crippen LogP contribution is -2.31. The van der Waals surface area contributed by atoms with Crippen LogP contribution in [0.1, 0.15) is 16.9 Å². The Balaban J connectivity index is 1.33. The van der Waals surface area contributed by atoms with Crippen molar-refractivity contribution in [1.82, 2.24) is 20.3 Å². The lowest BCUT2D eigenvalue weighted by Gasteiger charge is -2.19. The van der Waals surface area contributed by atoms with Crippen molar-refractivity contribution in [3.05, 3.63) is 72.3 Å². The first-order chi connectivity index (χ1) is 13.2. The summed E-state index contributed by atoms with van der Waals surface area (Å²) in [6.45, 7) is 2.03. The van der Waals surface area contributed by atoms with Gasteiger partial charge in [-0.2, -0.15) is 0 Å². The quantitative estimate of drug-likeness (QED) is 0.755. The van der Waals surface area contributed by atoms with Crippen molar-refractivity contribution < 1.29 is 9.18 Å². The van der Waals surface area contributed by atoms with Gasteiger partial charge in [0.1, 0.15) is 5.82 Å². The molecular formula is C20H20FN5O. The summed E-state index contributed by atoms with van der Waals surface area (Å²) in [4.78, 5) is 14.4. The number of nitrogens with zero attached hydrogens (tertiary/aromatic N) is 4. The second-order valence-electron chi connectivity index (χ2n) is 6.65. The van der Waals surface area contributed by atoms with E-state index in [1.807, 2.05) is 41.3 Å². The van der Waals surface area contributed by atoms with E-state index in [0.717, 1.165) is 25.2 Å². The van der Waals surface area contributed by atoms with Crippen LogP contribution in [-0.4, -0.2) is 40.5 Å². The average molecular weight is 365 g/mol. The molecule has 4 rings (SSSR count). The number of hydrogen-bond donors (Lipinski definition) is 1. The molecule has 1 N–H and O–H groups in total. The molecule has 138 valence electrons. The molecule has 27 heavy (non-hydrogen) atoms. The first kappa shape index (κ1) is 17.2. The van der Waals surface area contributed by atoms with Crippen molar-refractivity contribution in [1.29, 1.82) is 0 Å². The maximum atomic E-state index is 13.9. The molecule has 3 aromatic rings. The minimum Gasteiger partial charge on any atom is -0.369 e. The number of anilines is 1. The molecule has 6 nitrogen and oxygen atoms in total. The molecule has 1 atom stereocenters. The summed E-state index contributed by atoms with van der Waals surface area (Å²) >= 11 is 0. The molecule has 1 aliphatic heterocycles. The number of benzene rings is 2. The number of amides is 1. The van der Waals surface area contributed by atoms with Gasteiger partial charge in [-0.1, -0.05) is 35.5 Å². The Morgan fingerprint density at radius 3 is 2.74 bits per heavy atom. The molecular weight excluding hydrogens is 345 g/mol. The zero-order chi connectivity index (χ0) is 18.6. The van der Waals surface area contributed by atoms with E-state index in [4.69, 9.17) is 0 Å². The SMILES string of the molecule is O=C(NC[C@@H]1CCN(c2ccccc2F)C1)c1cn(-c2ccccc2)nn1. The Hall–Kier alpha value is -3.22. The molecule has 1 fully saturated rings. The van der Waals surface area contributed by atoms with E-state index in [-0.39, 0.29) is 23.3 Å².